The van der Waals surface area contributed by atoms with Gasteiger partial charge in [0.15, 0.2) is 5.82 Å². The first kappa shape index (κ1) is 20.0. The SMILES string of the molecule is CCC(C)N(CC(=O)Nc1cc(C)on1)S(=O)(=O)c1cccc2cccnc12. The normalized spacial score (nSPS) is 13.0. The van der Waals surface area contributed by atoms with Crippen LogP contribution in [0.15, 0.2) is 52.0 Å². The minimum atomic E-state index is -3.95. The van der Waals surface area contributed by atoms with E-state index >= 15 is 0 Å². The number of aryl methyl sites for hydroxylation is 1. The van der Waals surface area contributed by atoms with Gasteiger partial charge in [0.25, 0.3) is 0 Å². The van der Waals surface area contributed by atoms with Gasteiger partial charge in [-0.1, -0.05) is 30.3 Å². The van der Waals surface area contributed by atoms with Gasteiger partial charge in [-0.25, -0.2) is 8.42 Å². The molecule has 0 aliphatic carbocycles. The fourth-order valence-electron chi connectivity index (χ4n) is 2.84. The van der Waals surface area contributed by atoms with Crippen LogP contribution >= 0.6 is 0 Å². The van der Waals surface area contributed by atoms with Crippen molar-refractivity contribution in [3.8, 4) is 0 Å². The van der Waals surface area contributed by atoms with Gasteiger partial charge in [-0.3, -0.25) is 9.78 Å². The van der Waals surface area contributed by atoms with Crippen molar-refractivity contribution >= 4 is 32.7 Å². The number of nitrogens with zero attached hydrogens (tertiary/aromatic N) is 3. The molecule has 0 radical (unpaired) electrons. The topological polar surface area (TPSA) is 105 Å². The van der Waals surface area contributed by atoms with E-state index in [0.717, 1.165) is 5.39 Å². The first-order chi connectivity index (χ1) is 13.3. The molecule has 8 nitrogen and oxygen atoms in total. The second kappa shape index (κ2) is 8.07. The Morgan fingerprint density at radius 1 is 1.29 bits per heavy atom. The molecule has 0 spiro atoms. The summed E-state index contributed by atoms with van der Waals surface area (Å²) in [6.45, 7) is 5.00. The van der Waals surface area contributed by atoms with E-state index in [2.05, 4.69) is 15.5 Å². The zero-order valence-electron chi connectivity index (χ0n) is 15.9. The van der Waals surface area contributed by atoms with Crippen molar-refractivity contribution in [3.05, 3.63) is 48.4 Å². The molecule has 1 aromatic carbocycles. The van der Waals surface area contributed by atoms with E-state index in [1.165, 1.54) is 10.4 Å². The third-order valence-electron chi connectivity index (χ3n) is 4.46. The molecule has 1 unspecified atom stereocenters. The van der Waals surface area contributed by atoms with Crippen molar-refractivity contribution < 1.29 is 17.7 Å². The maximum Gasteiger partial charge on any atom is 0.245 e. The maximum absolute atomic E-state index is 13.4. The number of amides is 1. The monoisotopic (exact) mass is 402 g/mol. The van der Waals surface area contributed by atoms with Gasteiger partial charge in [-0.05, 0) is 32.4 Å². The number of carbonyl (C=O) groups excluding carboxylic acids is 1. The van der Waals surface area contributed by atoms with Crippen LogP contribution < -0.4 is 5.32 Å². The Bertz CT molecular complexity index is 1090. The van der Waals surface area contributed by atoms with Crippen LogP contribution in [0.4, 0.5) is 5.82 Å². The van der Waals surface area contributed by atoms with Gasteiger partial charge < -0.3 is 9.84 Å². The van der Waals surface area contributed by atoms with Gasteiger partial charge >= 0.3 is 0 Å². The second-order valence-electron chi connectivity index (χ2n) is 6.51. The molecule has 0 saturated carbocycles. The van der Waals surface area contributed by atoms with E-state index in [9.17, 15) is 13.2 Å². The Kier molecular flexibility index (Phi) is 5.76. The molecule has 0 saturated heterocycles. The van der Waals surface area contributed by atoms with Crippen LogP contribution in [0.5, 0.6) is 0 Å². The second-order valence-corrected chi connectivity index (χ2v) is 8.37. The lowest BCUT2D eigenvalue weighted by molar-refractivity contribution is -0.116. The summed E-state index contributed by atoms with van der Waals surface area (Å²) in [4.78, 5) is 16.8. The molecule has 3 rings (SSSR count). The van der Waals surface area contributed by atoms with Crippen molar-refractivity contribution in [3.63, 3.8) is 0 Å². The standard InChI is InChI=1S/C19H22N4O4S/c1-4-13(2)23(12-18(24)21-17-11-14(3)27-22-17)28(25,26)16-9-5-7-15-8-6-10-20-19(15)16/h5-11,13H,4,12H2,1-3H3,(H,21,22,24). The third kappa shape index (κ3) is 4.05. The Labute approximate surface area is 163 Å². The van der Waals surface area contributed by atoms with Crippen molar-refractivity contribution in [2.24, 2.45) is 0 Å². The zero-order chi connectivity index (χ0) is 20.3. The number of sulfonamides is 1. The van der Waals surface area contributed by atoms with Gasteiger partial charge in [-0.2, -0.15) is 4.31 Å². The summed E-state index contributed by atoms with van der Waals surface area (Å²) in [5.41, 5.74) is 0.380. The fraction of sp³-hybridized carbons (Fsp3) is 0.316. The van der Waals surface area contributed by atoms with Gasteiger partial charge in [0.2, 0.25) is 15.9 Å². The first-order valence-corrected chi connectivity index (χ1v) is 10.4. The number of rotatable bonds is 7. The molecule has 0 aliphatic rings. The number of anilines is 1. The highest BCUT2D eigenvalue weighted by atomic mass is 32.2. The highest BCUT2D eigenvalue weighted by Crippen LogP contribution is 2.26. The molecule has 1 amide bonds. The maximum atomic E-state index is 13.4. The number of aromatic nitrogens is 2. The first-order valence-electron chi connectivity index (χ1n) is 8.91. The molecule has 9 heteroatoms. The van der Waals surface area contributed by atoms with Crippen LogP contribution in [0.2, 0.25) is 0 Å². The zero-order valence-corrected chi connectivity index (χ0v) is 16.7. The van der Waals surface area contributed by atoms with Gasteiger partial charge in [0, 0.05) is 23.7 Å². The summed E-state index contributed by atoms with van der Waals surface area (Å²) >= 11 is 0. The van der Waals surface area contributed by atoms with E-state index < -0.39 is 15.9 Å². The lowest BCUT2D eigenvalue weighted by Gasteiger charge is -2.27. The highest BCUT2D eigenvalue weighted by Gasteiger charge is 2.32. The molecule has 28 heavy (non-hydrogen) atoms. The summed E-state index contributed by atoms with van der Waals surface area (Å²) in [5, 5.41) is 6.99. The van der Waals surface area contributed by atoms with Gasteiger partial charge in [0.1, 0.15) is 10.7 Å². The molecule has 148 valence electrons. The molecule has 0 aliphatic heterocycles. The van der Waals surface area contributed by atoms with Crippen LogP contribution in [-0.2, 0) is 14.8 Å². The van der Waals surface area contributed by atoms with Crippen molar-refractivity contribution in [1.29, 1.82) is 0 Å². The molecule has 2 heterocycles. The Morgan fingerprint density at radius 3 is 2.71 bits per heavy atom. The van der Waals surface area contributed by atoms with E-state index in [-0.39, 0.29) is 23.3 Å². The summed E-state index contributed by atoms with van der Waals surface area (Å²) in [5.74, 6) is 0.296. The quantitative estimate of drug-likeness (QED) is 0.651. The largest absolute Gasteiger partial charge is 0.360 e. The number of hydrogen-bond donors (Lipinski definition) is 1. The molecular formula is C19H22N4O4S. The fourth-order valence-corrected chi connectivity index (χ4v) is 4.67. The van der Waals surface area contributed by atoms with Crippen molar-refractivity contribution in [2.75, 3.05) is 11.9 Å². The molecule has 0 fully saturated rings. The Morgan fingerprint density at radius 2 is 2.04 bits per heavy atom. The van der Waals surface area contributed by atoms with Crippen molar-refractivity contribution in [1.82, 2.24) is 14.4 Å². The number of carbonyl (C=O) groups is 1. The number of benzene rings is 1. The lowest BCUT2D eigenvalue weighted by Crippen LogP contribution is -2.43. The van der Waals surface area contributed by atoms with E-state index in [1.807, 2.05) is 6.92 Å². The minimum Gasteiger partial charge on any atom is -0.360 e. The Hall–Kier alpha value is -2.78. The van der Waals surface area contributed by atoms with Crippen molar-refractivity contribution in [2.45, 2.75) is 38.1 Å². The summed E-state index contributed by atoms with van der Waals surface area (Å²) < 4.78 is 32.9. The van der Waals surface area contributed by atoms with Gasteiger partial charge in [-0.15, -0.1) is 0 Å². The summed E-state index contributed by atoms with van der Waals surface area (Å²) in [6, 6.07) is 9.72. The number of pyridine rings is 1. The summed E-state index contributed by atoms with van der Waals surface area (Å²) in [6.07, 6.45) is 2.10. The van der Waals surface area contributed by atoms with Crippen LogP contribution in [0, 0.1) is 6.92 Å². The summed E-state index contributed by atoms with van der Waals surface area (Å²) in [7, 11) is -3.95. The van der Waals surface area contributed by atoms with E-state index in [0.29, 0.717) is 17.7 Å². The minimum absolute atomic E-state index is 0.0796. The molecule has 2 aromatic heterocycles. The molecular weight excluding hydrogens is 380 g/mol. The number of para-hydroxylation sites is 1. The molecule has 1 N–H and O–H groups in total. The molecule has 3 aromatic rings. The lowest BCUT2D eigenvalue weighted by atomic mass is 10.2. The van der Waals surface area contributed by atoms with E-state index in [4.69, 9.17) is 4.52 Å². The van der Waals surface area contributed by atoms with Gasteiger partial charge in [0.05, 0.1) is 12.1 Å². The number of fused-ring (bicyclic) bond motifs is 1. The molecule has 1 atom stereocenters. The van der Waals surface area contributed by atoms with Crippen LogP contribution in [0.25, 0.3) is 10.9 Å². The average Bonchev–Trinajstić information content (AvgIpc) is 3.09. The highest BCUT2D eigenvalue weighted by molar-refractivity contribution is 7.89. The Balaban J connectivity index is 1.94. The predicted molar refractivity (Wildman–Crippen MR) is 105 cm³/mol. The third-order valence-corrected chi connectivity index (χ3v) is 6.45. The van der Waals surface area contributed by atoms with Crippen LogP contribution in [0.1, 0.15) is 26.0 Å². The average molecular weight is 402 g/mol. The van der Waals surface area contributed by atoms with Crippen LogP contribution in [0.3, 0.4) is 0 Å². The van der Waals surface area contributed by atoms with Crippen LogP contribution in [-0.4, -0.2) is 41.4 Å². The number of hydrogen-bond acceptors (Lipinski definition) is 6. The van der Waals surface area contributed by atoms with E-state index in [1.54, 1.807) is 50.4 Å². The number of nitrogens with one attached hydrogen (secondary N) is 1. The smallest absolute Gasteiger partial charge is 0.245 e. The molecule has 0 bridgehead atoms. The predicted octanol–water partition coefficient (Wildman–Crippen LogP) is 2.96.